The van der Waals surface area contributed by atoms with Crippen molar-refractivity contribution >= 4 is 0 Å². The Balaban J connectivity index is 2.17. The highest BCUT2D eigenvalue weighted by Gasteiger charge is 2.16. The van der Waals surface area contributed by atoms with E-state index < -0.39 is 0 Å². The van der Waals surface area contributed by atoms with Crippen LogP contribution >= 0.6 is 0 Å². The fourth-order valence-electron chi connectivity index (χ4n) is 2.21. The molecule has 2 heterocycles. The van der Waals surface area contributed by atoms with Gasteiger partial charge in [0.1, 0.15) is 0 Å². The third kappa shape index (κ3) is 3.02. The predicted octanol–water partition coefficient (Wildman–Crippen LogP) is 0.946. The number of hydrogen-bond acceptors (Lipinski definition) is 4. The number of rotatable bonds is 6. The summed E-state index contributed by atoms with van der Waals surface area (Å²) in [5, 5.41) is 8.75. The van der Waals surface area contributed by atoms with Crippen LogP contribution in [0, 0.1) is 0 Å². The molecule has 2 rings (SSSR count). The summed E-state index contributed by atoms with van der Waals surface area (Å²) in [7, 11) is 1.95. The monoisotopic (exact) mass is 262 g/mol. The number of aryl methyl sites for hydroxylation is 3. The zero-order valence-corrected chi connectivity index (χ0v) is 11.8. The summed E-state index contributed by atoms with van der Waals surface area (Å²) in [6, 6.07) is 2.15. The lowest BCUT2D eigenvalue weighted by Crippen LogP contribution is -2.31. The third-order valence-corrected chi connectivity index (χ3v) is 3.34. The quantitative estimate of drug-likeness (QED) is 0.600. The van der Waals surface area contributed by atoms with Gasteiger partial charge in [0.25, 0.3) is 0 Å². The summed E-state index contributed by atoms with van der Waals surface area (Å²) in [5.41, 5.74) is 6.23. The fourth-order valence-corrected chi connectivity index (χ4v) is 2.21. The van der Waals surface area contributed by atoms with Crippen LogP contribution in [-0.4, -0.2) is 19.6 Å². The van der Waals surface area contributed by atoms with Crippen molar-refractivity contribution in [3.8, 4) is 0 Å². The van der Waals surface area contributed by atoms with Gasteiger partial charge in [-0.2, -0.15) is 10.2 Å². The molecule has 1 atom stereocenters. The lowest BCUT2D eigenvalue weighted by atomic mass is 10.1. The first kappa shape index (κ1) is 13.8. The van der Waals surface area contributed by atoms with Gasteiger partial charge in [0.15, 0.2) is 0 Å². The molecule has 6 nitrogen and oxygen atoms in total. The minimum Gasteiger partial charge on any atom is -0.273 e. The summed E-state index contributed by atoms with van der Waals surface area (Å²) in [6.07, 6.45) is 5.68. The highest BCUT2D eigenvalue weighted by molar-refractivity contribution is 5.18. The maximum atomic E-state index is 5.69. The SMILES string of the molecule is CCc1cc(C(Cc2cnn(CC)c2)NN)n(C)n1. The average molecular weight is 262 g/mol. The smallest absolute Gasteiger partial charge is 0.0670 e. The lowest BCUT2D eigenvalue weighted by Gasteiger charge is -2.15. The summed E-state index contributed by atoms with van der Waals surface area (Å²) in [5.74, 6) is 5.69. The van der Waals surface area contributed by atoms with Crippen LogP contribution in [0.5, 0.6) is 0 Å². The Kier molecular flexibility index (Phi) is 4.34. The van der Waals surface area contributed by atoms with Gasteiger partial charge in [0, 0.05) is 19.8 Å². The normalized spacial score (nSPS) is 12.8. The highest BCUT2D eigenvalue weighted by Crippen LogP contribution is 2.18. The van der Waals surface area contributed by atoms with Gasteiger partial charge in [-0.3, -0.25) is 20.6 Å². The number of hydrazine groups is 1. The molecule has 1 unspecified atom stereocenters. The summed E-state index contributed by atoms with van der Waals surface area (Å²) in [6.45, 7) is 5.05. The van der Waals surface area contributed by atoms with E-state index in [1.54, 1.807) is 0 Å². The minimum atomic E-state index is 0.0484. The Morgan fingerprint density at radius 1 is 1.42 bits per heavy atom. The Bertz CT molecular complexity index is 527. The second-order valence-electron chi connectivity index (χ2n) is 4.67. The van der Waals surface area contributed by atoms with E-state index in [1.807, 2.05) is 22.6 Å². The van der Waals surface area contributed by atoms with Gasteiger partial charge in [-0.1, -0.05) is 6.92 Å². The van der Waals surface area contributed by atoms with E-state index in [9.17, 15) is 0 Å². The molecule has 6 heteroatoms. The van der Waals surface area contributed by atoms with Gasteiger partial charge >= 0.3 is 0 Å². The molecule has 0 aromatic carbocycles. The van der Waals surface area contributed by atoms with Crippen molar-refractivity contribution in [3.63, 3.8) is 0 Å². The maximum absolute atomic E-state index is 5.69. The second-order valence-corrected chi connectivity index (χ2v) is 4.67. The van der Waals surface area contributed by atoms with Gasteiger partial charge in [0.05, 0.1) is 23.6 Å². The van der Waals surface area contributed by atoms with E-state index in [0.29, 0.717) is 0 Å². The number of nitrogens with two attached hydrogens (primary N) is 1. The molecular weight excluding hydrogens is 240 g/mol. The molecule has 19 heavy (non-hydrogen) atoms. The van der Waals surface area contributed by atoms with Gasteiger partial charge in [-0.25, -0.2) is 0 Å². The van der Waals surface area contributed by atoms with Crippen LogP contribution in [0.25, 0.3) is 0 Å². The second kappa shape index (κ2) is 5.99. The van der Waals surface area contributed by atoms with Crippen molar-refractivity contribution in [1.29, 1.82) is 0 Å². The molecule has 0 bridgehead atoms. The Hall–Kier alpha value is -1.66. The van der Waals surface area contributed by atoms with E-state index >= 15 is 0 Å². The van der Waals surface area contributed by atoms with Crippen molar-refractivity contribution < 1.29 is 0 Å². The van der Waals surface area contributed by atoms with Crippen LogP contribution in [0.15, 0.2) is 18.5 Å². The Labute approximate surface area is 113 Å². The first-order chi connectivity index (χ1) is 9.17. The van der Waals surface area contributed by atoms with Gasteiger partial charge < -0.3 is 0 Å². The molecule has 0 aliphatic rings. The number of nitrogens with one attached hydrogen (secondary N) is 1. The first-order valence-corrected chi connectivity index (χ1v) is 6.68. The summed E-state index contributed by atoms with van der Waals surface area (Å²) >= 11 is 0. The van der Waals surface area contributed by atoms with Gasteiger partial charge in [-0.05, 0) is 31.4 Å². The van der Waals surface area contributed by atoms with E-state index in [4.69, 9.17) is 5.84 Å². The zero-order chi connectivity index (χ0) is 13.8. The third-order valence-electron chi connectivity index (χ3n) is 3.34. The molecule has 0 amide bonds. The fraction of sp³-hybridized carbons (Fsp3) is 0.538. The summed E-state index contributed by atoms with van der Waals surface area (Å²) < 4.78 is 3.82. The van der Waals surface area contributed by atoms with Crippen LogP contribution in [-0.2, 0) is 26.4 Å². The van der Waals surface area contributed by atoms with Crippen molar-refractivity contribution in [1.82, 2.24) is 25.0 Å². The molecule has 0 fully saturated rings. The van der Waals surface area contributed by atoms with E-state index in [-0.39, 0.29) is 6.04 Å². The largest absolute Gasteiger partial charge is 0.273 e. The molecule has 0 aliphatic heterocycles. The van der Waals surface area contributed by atoms with Crippen molar-refractivity contribution in [2.45, 2.75) is 39.3 Å². The number of aromatic nitrogens is 4. The van der Waals surface area contributed by atoms with Crippen molar-refractivity contribution in [3.05, 3.63) is 35.4 Å². The van der Waals surface area contributed by atoms with Crippen LogP contribution in [0.1, 0.15) is 36.8 Å². The number of hydrogen-bond donors (Lipinski definition) is 2. The summed E-state index contributed by atoms with van der Waals surface area (Å²) in [4.78, 5) is 0. The van der Waals surface area contributed by atoms with Crippen molar-refractivity contribution in [2.24, 2.45) is 12.9 Å². The van der Waals surface area contributed by atoms with Crippen LogP contribution in [0.3, 0.4) is 0 Å². The van der Waals surface area contributed by atoms with Crippen LogP contribution in [0.4, 0.5) is 0 Å². The topological polar surface area (TPSA) is 73.7 Å². The Morgan fingerprint density at radius 2 is 2.21 bits per heavy atom. The predicted molar refractivity (Wildman–Crippen MR) is 74.3 cm³/mol. The molecule has 3 N–H and O–H groups in total. The van der Waals surface area contributed by atoms with Gasteiger partial charge in [0.2, 0.25) is 0 Å². The zero-order valence-electron chi connectivity index (χ0n) is 11.8. The first-order valence-electron chi connectivity index (χ1n) is 6.68. The molecule has 2 aromatic rings. The molecule has 0 saturated carbocycles. The van der Waals surface area contributed by atoms with E-state index in [2.05, 4.69) is 41.7 Å². The molecule has 0 spiro atoms. The van der Waals surface area contributed by atoms with Crippen LogP contribution < -0.4 is 11.3 Å². The van der Waals surface area contributed by atoms with Crippen molar-refractivity contribution in [2.75, 3.05) is 0 Å². The molecular formula is C13H22N6. The maximum Gasteiger partial charge on any atom is 0.0670 e. The number of nitrogens with zero attached hydrogens (tertiary/aromatic N) is 4. The standard InChI is InChI=1S/C13H22N6/c1-4-11-7-13(18(3)17-11)12(16-14)6-10-8-15-19(5-2)9-10/h7-9,12,16H,4-6,14H2,1-3H3. The lowest BCUT2D eigenvalue weighted by molar-refractivity contribution is 0.508. The van der Waals surface area contributed by atoms with E-state index in [1.165, 1.54) is 5.56 Å². The van der Waals surface area contributed by atoms with Gasteiger partial charge in [-0.15, -0.1) is 0 Å². The average Bonchev–Trinajstić information content (AvgIpc) is 3.02. The molecule has 104 valence electrons. The Morgan fingerprint density at radius 3 is 2.74 bits per heavy atom. The molecule has 2 aromatic heterocycles. The van der Waals surface area contributed by atoms with E-state index in [0.717, 1.165) is 30.8 Å². The molecule has 0 saturated heterocycles. The molecule has 0 aliphatic carbocycles. The highest BCUT2D eigenvalue weighted by atomic mass is 15.3. The minimum absolute atomic E-state index is 0.0484. The molecule has 0 radical (unpaired) electrons. The van der Waals surface area contributed by atoms with Crippen LogP contribution in [0.2, 0.25) is 0 Å².